The first-order valence-electron chi connectivity index (χ1n) is 11.6. The van der Waals surface area contributed by atoms with Crippen LogP contribution >= 0.6 is 0 Å². The minimum atomic E-state index is -0.541. The van der Waals surface area contributed by atoms with Crippen molar-refractivity contribution < 1.29 is 28.6 Å². The zero-order chi connectivity index (χ0) is 25.7. The van der Waals surface area contributed by atoms with E-state index >= 15 is 0 Å². The molecule has 2 aromatic carbocycles. The van der Waals surface area contributed by atoms with Gasteiger partial charge in [-0.3, -0.25) is 19.1 Å². The molecule has 1 amide bonds. The lowest BCUT2D eigenvalue weighted by molar-refractivity contribution is -0.676. The van der Waals surface area contributed by atoms with E-state index in [0.717, 1.165) is 0 Å². The molecule has 5 aromatic rings. The van der Waals surface area contributed by atoms with Crippen molar-refractivity contribution in [2.24, 2.45) is 7.05 Å². The summed E-state index contributed by atoms with van der Waals surface area (Å²) in [6, 6.07) is 23.6. The Balaban J connectivity index is 1.72. The predicted octanol–water partition coefficient (Wildman–Crippen LogP) is 3.42. The molecule has 0 aliphatic carbocycles. The molecule has 3 aromatic heterocycles. The van der Waals surface area contributed by atoms with E-state index in [0.29, 0.717) is 27.8 Å². The van der Waals surface area contributed by atoms with E-state index < -0.39 is 17.6 Å². The normalized spacial score (nSPS) is 12.7. The fraction of sp³-hybridized carbons (Fsp3) is 0.0345. The molecular weight excluding hydrogens is 468 g/mol. The second kappa shape index (κ2) is 8.46. The molecule has 0 fully saturated rings. The minimum absolute atomic E-state index is 0.0648. The fourth-order valence-electron chi connectivity index (χ4n) is 4.75. The maximum absolute atomic E-state index is 14.0. The van der Waals surface area contributed by atoms with Crippen molar-refractivity contribution in [3.8, 4) is 5.75 Å². The number of ketones is 1. The first kappa shape index (κ1) is 22.2. The molecule has 37 heavy (non-hydrogen) atoms. The number of para-hydroxylation sites is 2. The number of carbonyl (C=O) groups excluding carboxylic acids is 3. The van der Waals surface area contributed by atoms with Crippen molar-refractivity contribution >= 4 is 39.9 Å². The standard InChI is InChI=1S/C29H19N4O4/c1-31-17-9-7-15-23(31)29(37)33-22-14-5-3-11-19(22)27(35)25(33)24-26(34)18-10-2-4-13-21(18)32(24)28(36)20-12-6-8-16-30-20/h2-17H,1H3/q+1/p+1. The van der Waals surface area contributed by atoms with Crippen LogP contribution in [0.3, 0.4) is 0 Å². The Morgan fingerprint density at radius 2 is 1.62 bits per heavy atom. The number of aromatic nitrogens is 3. The Kier molecular flexibility index (Phi) is 5.08. The summed E-state index contributed by atoms with van der Waals surface area (Å²) in [6.45, 7) is 0. The van der Waals surface area contributed by atoms with Crippen LogP contribution in [0.4, 0.5) is 5.69 Å². The van der Waals surface area contributed by atoms with Gasteiger partial charge in [-0.25, -0.2) is 4.79 Å². The third kappa shape index (κ3) is 3.30. The van der Waals surface area contributed by atoms with E-state index in [-0.39, 0.29) is 22.8 Å². The number of amides is 1. The molecule has 0 spiro atoms. The van der Waals surface area contributed by atoms with Gasteiger partial charge in [0.25, 0.3) is 17.4 Å². The summed E-state index contributed by atoms with van der Waals surface area (Å²) in [5.41, 5.74) is 1.34. The summed E-state index contributed by atoms with van der Waals surface area (Å²) in [5.74, 6) is -1.76. The number of aromatic hydroxyl groups is 1. The Hall–Kier alpha value is -5.24. The van der Waals surface area contributed by atoms with Crippen LogP contribution in [0.1, 0.15) is 37.0 Å². The number of benzene rings is 2. The Morgan fingerprint density at radius 1 is 0.892 bits per heavy atom. The predicted molar refractivity (Wildman–Crippen MR) is 134 cm³/mol. The van der Waals surface area contributed by atoms with Gasteiger partial charge in [-0.05, 0) is 36.4 Å². The molecule has 0 bridgehead atoms. The minimum Gasteiger partial charge on any atom is -0.505 e. The summed E-state index contributed by atoms with van der Waals surface area (Å²) in [6.07, 6.45) is 3.23. The number of Topliss-reactive ketones (excluding diaryl/α,β-unsaturated/α-hetero) is 1. The highest BCUT2D eigenvalue weighted by atomic mass is 16.3. The summed E-state index contributed by atoms with van der Waals surface area (Å²) < 4.78 is 4.19. The van der Waals surface area contributed by atoms with Crippen LogP contribution in [0.5, 0.6) is 5.75 Å². The highest BCUT2D eigenvalue weighted by Crippen LogP contribution is 2.38. The fourth-order valence-corrected chi connectivity index (χ4v) is 4.75. The summed E-state index contributed by atoms with van der Waals surface area (Å²) in [5, 5.41) is 11.8. The molecule has 8 heteroatoms. The van der Waals surface area contributed by atoms with Crippen molar-refractivity contribution in [1.29, 1.82) is 0 Å². The zero-order valence-electron chi connectivity index (χ0n) is 19.7. The van der Waals surface area contributed by atoms with E-state index in [4.69, 9.17) is 0 Å². The number of hydrogen-bond donors (Lipinski definition) is 1. The van der Waals surface area contributed by atoms with Gasteiger partial charge in [-0.1, -0.05) is 30.3 Å². The number of fused-ring (bicyclic) bond motifs is 2. The molecule has 6 rings (SSSR count). The Labute approximate surface area is 211 Å². The van der Waals surface area contributed by atoms with Crippen LogP contribution in [0.25, 0.3) is 10.9 Å². The van der Waals surface area contributed by atoms with Gasteiger partial charge in [0, 0.05) is 29.8 Å². The molecule has 0 atom stereocenters. The van der Waals surface area contributed by atoms with Gasteiger partial charge >= 0.3 is 11.6 Å². The average Bonchev–Trinajstić information content (AvgIpc) is 3.39. The maximum atomic E-state index is 14.0. The van der Waals surface area contributed by atoms with E-state index in [1.807, 2.05) is 0 Å². The zero-order valence-corrected chi connectivity index (χ0v) is 19.7. The van der Waals surface area contributed by atoms with Gasteiger partial charge in [-0.15, -0.1) is 4.58 Å². The van der Waals surface area contributed by atoms with E-state index in [1.165, 1.54) is 15.3 Å². The van der Waals surface area contributed by atoms with Gasteiger partial charge in [0.2, 0.25) is 5.69 Å². The van der Waals surface area contributed by atoms with Crippen LogP contribution in [0.2, 0.25) is 0 Å². The molecule has 1 aliphatic heterocycles. The molecule has 4 heterocycles. The number of rotatable bonds is 3. The van der Waals surface area contributed by atoms with E-state index in [9.17, 15) is 19.5 Å². The third-order valence-corrected chi connectivity index (χ3v) is 6.46. The molecule has 0 unspecified atom stereocenters. The molecule has 178 valence electrons. The molecule has 1 N–H and O–H groups in total. The van der Waals surface area contributed by atoms with Crippen LogP contribution in [0.15, 0.2) is 97.3 Å². The molecule has 1 aliphatic rings. The van der Waals surface area contributed by atoms with Crippen molar-refractivity contribution in [3.05, 3.63) is 120 Å². The molecule has 0 saturated carbocycles. The van der Waals surface area contributed by atoms with Gasteiger partial charge in [0.1, 0.15) is 18.3 Å². The summed E-state index contributed by atoms with van der Waals surface area (Å²) >= 11 is 0. The van der Waals surface area contributed by atoms with Gasteiger partial charge in [-0.2, -0.15) is 4.57 Å². The second-order valence-electron chi connectivity index (χ2n) is 8.60. The SMILES string of the molecule is C[n+]1ccccc1C(=O)[N+]1=C(c2c(O)c3ccccc3n2C(=O)c2ccccn2)C(=O)c2ccccc21. The van der Waals surface area contributed by atoms with Crippen LogP contribution in [0, 0.1) is 0 Å². The van der Waals surface area contributed by atoms with Gasteiger partial charge < -0.3 is 5.11 Å². The maximum Gasteiger partial charge on any atom is 0.490 e. The Morgan fingerprint density at radius 3 is 2.41 bits per heavy atom. The lowest BCUT2D eigenvalue weighted by atomic mass is 10.1. The van der Waals surface area contributed by atoms with Gasteiger partial charge in [0.15, 0.2) is 17.6 Å². The first-order chi connectivity index (χ1) is 18.0. The topological polar surface area (TPSA) is 96.2 Å². The molecule has 8 nitrogen and oxygen atoms in total. The largest absolute Gasteiger partial charge is 0.505 e. The molecule has 0 radical (unpaired) electrons. The lowest BCUT2D eigenvalue weighted by Gasteiger charge is -2.07. The molecule has 0 saturated heterocycles. The van der Waals surface area contributed by atoms with Crippen LogP contribution in [-0.4, -0.2) is 42.5 Å². The van der Waals surface area contributed by atoms with Crippen molar-refractivity contribution in [2.45, 2.75) is 0 Å². The highest BCUT2D eigenvalue weighted by molar-refractivity contribution is 6.53. The highest BCUT2D eigenvalue weighted by Gasteiger charge is 2.49. The van der Waals surface area contributed by atoms with Crippen LogP contribution < -0.4 is 4.57 Å². The Bertz CT molecular complexity index is 1800. The van der Waals surface area contributed by atoms with Crippen molar-refractivity contribution in [1.82, 2.24) is 9.55 Å². The number of nitrogens with zero attached hydrogens (tertiary/aromatic N) is 4. The second-order valence-corrected chi connectivity index (χ2v) is 8.60. The van der Waals surface area contributed by atoms with Crippen LogP contribution in [-0.2, 0) is 7.05 Å². The van der Waals surface area contributed by atoms with E-state index in [1.54, 1.807) is 103 Å². The summed E-state index contributed by atoms with van der Waals surface area (Å²) in [4.78, 5) is 45.8. The van der Waals surface area contributed by atoms with Gasteiger partial charge in [0.05, 0.1) is 5.52 Å². The smallest absolute Gasteiger partial charge is 0.490 e. The quantitative estimate of drug-likeness (QED) is 0.393. The number of aryl methyl sites for hydroxylation is 1. The van der Waals surface area contributed by atoms with E-state index in [2.05, 4.69) is 4.98 Å². The number of carbonyl (C=O) groups is 3. The lowest BCUT2D eigenvalue weighted by Crippen LogP contribution is -2.39. The first-order valence-corrected chi connectivity index (χ1v) is 11.6. The average molecular weight is 489 g/mol. The number of pyridine rings is 2. The molecular formula is C29H20N4O4+2. The van der Waals surface area contributed by atoms with Crippen molar-refractivity contribution in [2.75, 3.05) is 0 Å². The van der Waals surface area contributed by atoms with Crippen molar-refractivity contribution in [3.63, 3.8) is 0 Å². The number of hydrogen-bond acceptors (Lipinski definition) is 5. The summed E-state index contributed by atoms with van der Waals surface area (Å²) in [7, 11) is 1.73. The monoisotopic (exact) mass is 488 g/mol. The third-order valence-electron chi connectivity index (χ3n) is 6.46.